The topological polar surface area (TPSA) is 50.8 Å². The van der Waals surface area contributed by atoms with Crippen LogP contribution in [0.2, 0.25) is 5.02 Å². The van der Waals surface area contributed by atoms with Crippen LogP contribution in [0.4, 0.5) is 0 Å². The molecule has 0 bridgehead atoms. The SMILES string of the molecule is CCCOc1c(Cl)cc(C(=O)NC2CCN(CC=C(C)C)CC2)cc1OCC. The van der Waals surface area contributed by atoms with Gasteiger partial charge in [0.15, 0.2) is 11.5 Å². The standard InChI is InChI=1S/C22H33ClN2O3/c1-5-13-28-21-19(23)14-17(15-20(21)27-6-2)22(26)24-18-8-11-25(12-9-18)10-7-16(3)4/h7,14-15,18H,5-6,8-13H2,1-4H3,(H,24,26). The molecule has 1 heterocycles. The molecule has 6 heteroatoms. The van der Waals surface area contributed by atoms with Crippen LogP contribution < -0.4 is 14.8 Å². The number of hydrogen-bond acceptors (Lipinski definition) is 4. The molecule has 1 N–H and O–H groups in total. The average Bonchev–Trinajstić information content (AvgIpc) is 2.66. The summed E-state index contributed by atoms with van der Waals surface area (Å²) >= 11 is 6.38. The van der Waals surface area contributed by atoms with Crippen LogP contribution in [0.25, 0.3) is 0 Å². The van der Waals surface area contributed by atoms with Gasteiger partial charge in [0.05, 0.1) is 18.2 Å². The number of likely N-dealkylation sites (tertiary alicyclic amines) is 1. The Morgan fingerprint density at radius 3 is 2.57 bits per heavy atom. The van der Waals surface area contributed by atoms with E-state index in [0.717, 1.165) is 38.9 Å². The van der Waals surface area contributed by atoms with Crippen LogP contribution in [0.15, 0.2) is 23.8 Å². The number of nitrogens with one attached hydrogen (secondary N) is 1. The summed E-state index contributed by atoms with van der Waals surface area (Å²) in [5.74, 6) is 0.910. The number of carbonyl (C=O) groups is 1. The number of benzene rings is 1. The Morgan fingerprint density at radius 2 is 1.96 bits per heavy atom. The highest BCUT2D eigenvalue weighted by Crippen LogP contribution is 2.37. The summed E-state index contributed by atoms with van der Waals surface area (Å²) < 4.78 is 11.4. The van der Waals surface area contributed by atoms with Crippen molar-refractivity contribution in [2.75, 3.05) is 32.8 Å². The molecule has 0 aromatic heterocycles. The molecule has 28 heavy (non-hydrogen) atoms. The Kier molecular flexibility index (Phi) is 9.13. The smallest absolute Gasteiger partial charge is 0.251 e. The third-order valence-corrected chi connectivity index (χ3v) is 4.98. The molecule has 0 unspecified atom stereocenters. The highest BCUT2D eigenvalue weighted by atomic mass is 35.5. The second-order valence-corrected chi connectivity index (χ2v) is 7.80. The molecule has 1 amide bonds. The maximum atomic E-state index is 12.8. The molecular weight excluding hydrogens is 376 g/mol. The summed E-state index contributed by atoms with van der Waals surface area (Å²) in [6, 6.07) is 3.56. The Labute approximate surface area is 174 Å². The number of amides is 1. The second kappa shape index (κ2) is 11.3. The van der Waals surface area contributed by atoms with Gasteiger partial charge in [0.1, 0.15) is 0 Å². The normalized spacial score (nSPS) is 15.2. The fraction of sp³-hybridized carbons (Fsp3) is 0.591. The van der Waals surface area contributed by atoms with Crippen molar-refractivity contribution in [2.24, 2.45) is 0 Å². The largest absolute Gasteiger partial charge is 0.490 e. The molecule has 1 aliphatic rings. The van der Waals surface area contributed by atoms with Crippen LogP contribution in [0.1, 0.15) is 57.3 Å². The van der Waals surface area contributed by atoms with E-state index < -0.39 is 0 Å². The number of nitrogens with zero attached hydrogens (tertiary/aromatic N) is 1. The second-order valence-electron chi connectivity index (χ2n) is 7.40. The van der Waals surface area contributed by atoms with E-state index in [9.17, 15) is 4.79 Å². The molecule has 0 aliphatic carbocycles. The van der Waals surface area contributed by atoms with Crippen LogP contribution in [-0.4, -0.2) is 49.7 Å². The van der Waals surface area contributed by atoms with Crippen molar-refractivity contribution in [3.63, 3.8) is 0 Å². The Bertz CT molecular complexity index is 679. The van der Waals surface area contributed by atoms with Gasteiger partial charge >= 0.3 is 0 Å². The lowest BCUT2D eigenvalue weighted by atomic mass is 10.0. The molecule has 1 aromatic carbocycles. The molecule has 0 radical (unpaired) electrons. The highest BCUT2D eigenvalue weighted by molar-refractivity contribution is 6.32. The Balaban J connectivity index is 1.99. The number of carbonyl (C=O) groups excluding carboxylic acids is 1. The van der Waals surface area contributed by atoms with E-state index in [-0.39, 0.29) is 11.9 Å². The molecule has 1 fully saturated rings. The van der Waals surface area contributed by atoms with Gasteiger partial charge in [-0.05, 0) is 52.2 Å². The molecule has 1 saturated heterocycles. The quantitative estimate of drug-likeness (QED) is 0.602. The van der Waals surface area contributed by atoms with Crippen LogP contribution in [0.5, 0.6) is 11.5 Å². The monoisotopic (exact) mass is 408 g/mol. The van der Waals surface area contributed by atoms with Crippen molar-refractivity contribution in [1.82, 2.24) is 10.2 Å². The maximum Gasteiger partial charge on any atom is 0.251 e. The van der Waals surface area contributed by atoms with E-state index in [1.165, 1.54) is 5.57 Å². The predicted molar refractivity (Wildman–Crippen MR) is 115 cm³/mol. The van der Waals surface area contributed by atoms with Crippen LogP contribution >= 0.6 is 11.6 Å². The highest BCUT2D eigenvalue weighted by Gasteiger charge is 2.22. The van der Waals surface area contributed by atoms with E-state index in [1.54, 1.807) is 12.1 Å². The van der Waals surface area contributed by atoms with Crippen molar-refractivity contribution in [3.05, 3.63) is 34.4 Å². The number of halogens is 1. The predicted octanol–water partition coefficient (Wildman–Crippen LogP) is 4.69. The lowest BCUT2D eigenvalue weighted by Gasteiger charge is -2.31. The van der Waals surface area contributed by atoms with E-state index >= 15 is 0 Å². The molecule has 2 rings (SSSR count). The number of piperidine rings is 1. The van der Waals surface area contributed by atoms with Gasteiger partial charge in [0, 0.05) is 31.2 Å². The molecular formula is C22H33ClN2O3. The first-order valence-electron chi connectivity index (χ1n) is 10.2. The van der Waals surface area contributed by atoms with Gasteiger partial charge in [-0.15, -0.1) is 0 Å². The minimum Gasteiger partial charge on any atom is -0.490 e. The summed E-state index contributed by atoms with van der Waals surface area (Å²) in [6.45, 7) is 12.2. The molecule has 1 aromatic rings. The van der Waals surface area contributed by atoms with Crippen molar-refractivity contribution < 1.29 is 14.3 Å². The third kappa shape index (κ3) is 6.71. The van der Waals surface area contributed by atoms with Gasteiger partial charge in [-0.3, -0.25) is 9.69 Å². The molecule has 0 spiro atoms. The zero-order valence-electron chi connectivity index (χ0n) is 17.5. The van der Waals surface area contributed by atoms with Gasteiger partial charge in [0.2, 0.25) is 0 Å². The first kappa shape index (κ1) is 22.6. The van der Waals surface area contributed by atoms with E-state index in [1.807, 2.05) is 13.8 Å². The van der Waals surface area contributed by atoms with E-state index in [2.05, 4.69) is 30.1 Å². The number of ether oxygens (including phenoxy) is 2. The third-order valence-electron chi connectivity index (χ3n) is 4.70. The van der Waals surface area contributed by atoms with E-state index in [4.69, 9.17) is 21.1 Å². The van der Waals surface area contributed by atoms with Crippen LogP contribution in [0.3, 0.4) is 0 Å². The van der Waals surface area contributed by atoms with Crippen molar-refractivity contribution in [1.29, 1.82) is 0 Å². The molecule has 0 saturated carbocycles. The zero-order valence-corrected chi connectivity index (χ0v) is 18.3. The molecule has 0 atom stereocenters. The lowest BCUT2D eigenvalue weighted by molar-refractivity contribution is 0.0913. The average molecular weight is 409 g/mol. The lowest BCUT2D eigenvalue weighted by Crippen LogP contribution is -2.44. The molecule has 1 aliphatic heterocycles. The zero-order chi connectivity index (χ0) is 20.5. The van der Waals surface area contributed by atoms with Gasteiger partial charge in [-0.1, -0.05) is 30.2 Å². The Hall–Kier alpha value is -1.72. The minimum absolute atomic E-state index is 0.118. The summed E-state index contributed by atoms with van der Waals surface area (Å²) in [5, 5.41) is 3.55. The Morgan fingerprint density at radius 1 is 1.25 bits per heavy atom. The summed E-state index contributed by atoms with van der Waals surface area (Å²) in [4.78, 5) is 15.2. The minimum atomic E-state index is -0.118. The van der Waals surface area contributed by atoms with Gasteiger partial charge < -0.3 is 14.8 Å². The summed E-state index contributed by atoms with van der Waals surface area (Å²) in [6.07, 6.45) is 5.02. The van der Waals surface area contributed by atoms with Crippen molar-refractivity contribution in [3.8, 4) is 11.5 Å². The fourth-order valence-corrected chi connectivity index (χ4v) is 3.41. The first-order chi connectivity index (χ1) is 13.4. The van der Waals surface area contributed by atoms with Crippen LogP contribution in [0, 0.1) is 0 Å². The van der Waals surface area contributed by atoms with Crippen molar-refractivity contribution in [2.45, 2.75) is 53.0 Å². The summed E-state index contributed by atoms with van der Waals surface area (Å²) in [7, 11) is 0. The number of allylic oxidation sites excluding steroid dienone is 1. The molecule has 156 valence electrons. The first-order valence-corrected chi connectivity index (χ1v) is 10.6. The molecule has 5 nitrogen and oxygen atoms in total. The number of rotatable bonds is 9. The maximum absolute atomic E-state index is 12.8. The fourth-order valence-electron chi connectivity index (χ4n) is 3.15. The van der Waals surface area contributed by atoms with Crippen molar-refractivity contribution >= 4 is 17.5 Å². The van der Waals surface area contributed by atoms with Crippen LogP contribution in [-0.2, 0) is 0 Å². The van der Waals surface area contributed by atoms with Gasteiger partial charge in [-0.2, -0.15) is 0 Å². The number of hydrogen-bond donors (Lipinski definition) is 1. The van der Waals surface area contributed by atoms with E-state index in [0.29, 0.717) is 35.3 Å². The summed E-state index contributed by atoms with van der Waals surface area (Å²) in [5.41, 5.74) is 1.84. The van der Waals surface area contributed by atoms with Gasteiger partial charge in [-0.25, -0.2) is 0 Å². The van der Waals surface area contributed by atoms with Gasteiger partial charge in [0.25, 0.3) is 5.91 Å².